The highest BCUT2D eigenvalue weighted by Gasteiger charge is 2.45. The Morgan fingerprint density at radius 1 is 1.25 bits per heavy atom. The number of methoxy groups -OCH3 is 1. The standard InChI is InChI=1S/C16H27NO7/c1-8-11(7-18)24-16(23-2)12(13(8)19)17-14(20)9-5-3-4-6-10(9)15(21)22/h8-13,16,18-19H,3-7H2,1-2H3,(H,17,20)(H,21,22)/t8-,9?,10?,11?,12?,13-,16+/m0/s1. The van der Waals surface area contributed by atoms with Gasteiger partial charge in [-0.15, -0.1) is 0 Å². The van der Waals surface area contributed by atoms with E-state index in [-0.39, 0.29) is 6.61 Å². The molecule has 2 aliphatic rings. The fourth-order valence-corrected chi connectivity index (χ4v) is 3.67. The van der Waals surface area contributed by atoms with E-state index in [4.69, 9.17) is 9.47 Å². The fourth-order valence-electron chi connectivity index (χ4n) is 3.67. The Morgan fingerprint density at radius 2 is 1.88 bits per heavy atom. The van der Waals surface area contributed by atoms with Gasteiger partial charge < -0.3 is 30.1 Å². The Hall–Kier alpha value is -1.22. The molecule has 0 radical (unpaired) electrons. The lowest BCUT2D eigenvalue weighted by molar-refractivity contribution is -0.246. The van der Waals surface area contributed by atoms with Crippen LogP contribution in [-0.2, 0) is 19.1 Å². The third-order valence-corrected chi connectivity index (χ3v) is 5.24. The van der Waals surface area contributed by atoms with E-state index in [1.807, 2.05) is 0 Å². The van der Waals surface area contributed by atoms with E-state index in [0.717, 1.165) is 12.8 Å². The molecule has 1 saturated carbocycles. The number of carbonyl (C=O) groups excluding carboxylic acids is 1. The third-order valence-electron chi connectivity index (χ3n) is 5.24. The van der Waals surface area contributed by atoms with Crippen LogP contribution >= 0.6 is 0 Å². The molecule has 24 heavy (non-hydrogen) atoms. The van der Waals surface area contributed by atoms with Crippen molar-refractivity contribution in [3.8, 4) is 0 Å². The highest BCUT2D eigenvalue weighted by atomic mass is 16.7. The molecule has 2 fully saturated rings. The van der Waals surface area contributed by atoms with Gasteiger partial charge >= 0.3 is 5.97 Å². The van der Waals surface area contributed by atoms with E-state index >= 15 is 0 Å². The summed E-state index contributed by atoms with van der Waals surface area (Å²) in [5.41, 5.74) is 0. The van der Waals surface area contributed by atoms with Crippen molar-refractivity contribution in [2.75, 3.05) is 13.7 Å². The second kappa shape index (κ2) is 8.24. The SMILES string of the molecule is CO[C@@H]1OC(CO)[C@H](C)[C@H](O)C1NC(=O)C1CCCCC1C(=O)O. The minimum atomic E-state index is -0.965. The summed E-state index contributed by atoms with van der Waals surface area (Å²) in [6.45, 7) is 1.46. The number of carbonyl (C=O) groups is 2. The molecule has 0 aromatic carbocycles. The predicted octanol–water partition coefficient (Wildman–Crippen LogP) is -0.277. The van der Waals surface area contributed by atoms with Crippen molar-refractivity contribution in [1.29, 1.82) is 0 Å². The Morgan fingerprint density at radius 3 is 2.42 bits per heavy atom. The predicted molar refractivity (Wildman–Crippen MR) is 82.9 cm³/mol. The van der Waals surface area contributed by atoms with Gasteiger partial charge in [-0.1, -0.05) is 19.8 Å². The summed E-state index contributed by atoms with van der Waals surface area (Å²) >= 11 is 0. The average Bonchev–Trinajstić information content (AvgIpc) is 2.59. The Labute approximate surface area is 141 Å². The number of carboxylic acids is 1. The molecule has 0 spiro atoms. The van der Waals surface area contributed by atoms with Crippen LogP contribution in [-0.4, -0.2) is 65.5 Å². The van der Waals surface area contributed by atoms with Crippen LogP contribution in [0.15, 0.2) is 0 Å². The minimum Gasteiger partial charge on any atom is -0.481 e. The summed E-state index contributed by atoms with van der Waals surface area (Å²) in [4.78, 5) is 24.0. The van der Waals surface area contributed by atoms with Gasteiger partial charge in [0.1, 0.15) is 6.04 Å². The van der Waals surface area contributed by atoms with Crippen LogP contribution < -0.4 is 5.32 Å². The third kappa shape index (κ3) is 3.88. The molecule has 1 saturated heterocycles. The summed E-state index contributed by atoms with van der Waals surface area (Å²) in [7, 11) is 1.39. The van der Waals surface area contributed by atoms with E-state index in [1.165, 1.54) is 7.11 Å². The lowest BCUT2D eigenvalue weighted by Gasteiger charge is -2.43. The second-order valence-corrected chi connectivity index (χ2v) is 6.68. The molecule has 8 nitrogen and oxygen atoms in total. The molecular weight excluding hydrogens is 318 g/mol. The fraction of sp³-hybridized carbons (Fsp3) is 0.875. The van der Waals surface area contributed by atoms with Crippen molar-refractivity contribution in [1.82, 2.24) is 5.32 Å². The smallest absolute Gasteiger partial charge is 0.307 e. The largest absolute Gasteiger partial charge is 0.481 e. The average molecular weight is 345 g/mol. The van der Waals surface area contributed by atoms with E-state index in [0.29, 0.717) is 12.8 Å². The molecule has 0 aromatic heterocycles. The van der Waals surface area contributed by atoms with Crippen LogP contribution in [0.25, 0.3) is 0 Å². The van der Waals surface area contributed by atoms with Crippen molar-refractivity contribution in [3.05, 3.63) is 0 Å². The maximum atomic E-state index is 12.6. The van der Waals surface area contributed by atoms with Gasteiger partial charge in [0.05, 0.1) is 30.7 Å². The quantitative estimate of drug-likeness (QED) is 0.540. The summed E-state index contributed by atoms with van der Waals surface area (Å²) in [6, 6.07) is -0.809. The molecule has 0 aromatic rings. The number of aliphatic hydroxyl groups is 2. The van der Waals surface area contributed by atoms with Gasteiger partial charge in [0, 0.05) is 13.0 Å². The van der Waals surface area contributed by atoms with Gasteiger partial charge in [-0.05, 0) is 12.8 Å². The molecule has 7 atom stereocenters. The van der Waals surface area contributed by atoms with E-state index < -0.39 is 54.2 Å². The van der Waals surface area contributed by atoms with Crippen LogP contribution in [0.2, 0.25) is 0 Å². The normalized spacial score (nSPS) is 40.1. The molecule has 4 N–H and O–H groups in total. The summed E-state index contributed by atoms with van der Waals surface area (Å²) in [5, 5.41) is 31.8. The Balaban J connectivity index is 2.09. The van der Waals surface area contributed by atoms with Crippen molar-refractivity contribution in [2.24, 2.45) is 17.8 Å². The first-order valence-corrected chi connectivity index (χ1v) is 8.41. The van der Waals surface area contributed by atoms with Crippen LogP contribution in [0.5, 0.6) is 0 Å². The van der Waals surface area contributed by atoms with Crippen LogP contribution in [0.1, 0.15) is 32.6 Å². The molecule has 2 rings (SSSR count). The van der Waals surface area contributed by atoms with Crippen molar-refractivity contribution >= 4 is 11.9 Å². The zero-order chi connectivity index (χ0) is 17.9. The zero-order valence-electron chi connectivity index (χ0n) is 14.1. The molecule has 138 valence electrons. The van der Waals surface area contributed by atoms with Gasteiger partial charge in [0.15, 0.2) is 6.29 Å². The lowest BCUT2D eigenvalue weighted by atomic mass is 9.78. The number of aliphatic hydroxyl groups excluding tert-OH is 2. The number of hydrogen-bond donors (Lipinski definition) is 4. The second-order valence-electron chi connectivity index (χ2n) is 6.68. The zero-order valence-corrected chi connectivity index (χ0v) is 14.1. The first kappa shape index (κ1) is 19.1. The first-order valence-electron chi connectivity index (χ1n) is 8.41. The number of ether oxygens (including phenoxy) is 2. The van der Waals surface area contributed by atoms with Crippen LogP contribution in [0.3, 0.4) is 0 Å². The number of hydrogen-bond acceptors (Lipinski definition) is 6. The highest BCUT2D eigenvalue weighted by molar-refractivity contribution is 5.85. The molecule has 8 heteroatoms. The van der Waals surface area contributed by atoms with Crippen molar-refractivity contribution in [3.63, 3.8) is 0 Å². The molecular formula is C16H27NO7. The maximum Gasteiger partial charge on any atom is 0.307 e. The first-order chi connectivity index (χ1) is 11.4. The number of carboxylic acid groups (broad SMARTS) is 1. The van der Waals surface area contributed by atoms with Crippen molar-refractivity contribution < 1.29 is 34.4 Å². The topological polar surface area (TPSA) is 125 Å². The number of rotatable bonds is 5. The van der Waals surface area contributed by atoms with Crippen LogP contribution in [0, 0.1) is 17.8 Å². The molecule has 1 heterocycles. The van der Waals surface area contributed by atoms with Crippen molar-refractivity contribution in [2.45, 2.75) is 57.1 Å². The molecule has 1 aliphatic carbocycles. The summed E-state index contributed by atoms with van der Waals surface area (Å²) in [6.07, 6.45) is 0.154. The minimum absolute atomic E-state index is 0.261. The van der Waals surface area contributed by atoms with Crippen LogP contribution in [0.4, 0.5) is 0 Å². The monoisotopic (exact) mass is 345 g/mol. The Bertz CT molecular complexity index is 456. The number of aliphatic carboxylic acids is 1. The molecule has 0 bridgehead atoms. The summed E-state index contributed by atoms with van der Waals surface area (Å²) < 4.78 is 10.8. The molecule has 1 aliphatic heterocycles. The van der Waals surface area contributed by atoms with Gasteiger partial charge in [-0.25, -0.2) is 0 Å². The number of nitrogens with one attached hydrogen (secondary N) is 1. The lowest BCUT2D eigenvalue weighted by Crippen LogP contribution is -2.62. The van der Waals surface area contributed by atoms with Gasteiger partial charge in [0.2, 0.25) is 5.91 Å². The summed E-state index contributed by atoms with van der Waals surface area (Å²) in [5.74, 6) is -3.08. The highest BCUT2D eigenvalue weighted by Crippen LogP contribution is 2.32. The maximum absolute atomic E-state index is 12.6. The van der Waals surface area contributed by atoms with Gasteiger partial charge in [-0.2, -0.15) is 0 Å². The van der Waals surface area contributed by atoms with E-state index in [9.17, 15) is 24.9 Å². The molecule has 1 amide bonds. The Kier molecular flexibility index (Phi) is 6.56. The number of amides is 1. The van der Waals surface area contributed by atoms with Gasteiger partial charge in [-0.3, -0.25) is 9.59 Å². The molecule has 4 unspecified atom stereocenters. The van der Waals surface area contributed by atoms with E-state index in [2.05, 4.69) is 5.32 Å². The van der Waals surface area contributed by atoms with E-state index in [1.54, 1.807) is 6.92 Å². The van der Waals surface area contributed by atoms with Gasteiger partial charge in [0.25, 0.3) is 0 Å².